The Balaban J connectivity index is 1.09. The van der Waals surface area contributed by atoms with Gasteiger partial charge in [0.2, 0.25) is 0 Å². The molecule has 4 N–H and O–H groups in total. The number of fused-ring (bicyclic) bond motifs is 5. The first-order valence-corrected chi connectivity index (χ1v) is 17.9. The number of Topliss-reactive ketones (excluding diaryl/α,β-unsaturated/α-hetero) is 2. The molecule has 0 aromatic heterocycles. The molecule has 0 spiro atoms. The number of hydrogen-bond donors (Lipinski definition) is 2. The van der Waals surface area contributed by atoms with Crippen molar-refractivity contribution in [2.75, 3.05) is 11.5 Å². The Kier molecular flexibility index (Phi) is 7.74. The van der Waals surface area contributed by atoms with Gasteiger partial charge in [-0.15, -0.1) is 0 Å². The zero-order chi connectivity index (χ0) is 36.1. The van der Waals surface area contributed by atoms with Gasteiger partial charge in [0, 0.05) is 35.3 Å². The highest BCUT2D eigenvalue weighted by Gasteiger charge is 2.45. The summed E-state index contributed by atoms with van der Waals surface area (Å²) >= 11 is 0. The van der Waals surface area contributed by atoms with Crippen LogP contribution in [-0.4, -0.2) is 11.6 Å². The Morgan fingerprint density at radius 3 is 1.25 bits per heavy atom. The molecule has 0 fully saturated rings. The molecule has 0 atom stereocenters. The van der Waals surface area contributed by atoms with Crippen LogP contribution >= 0.6 is 0 Å². The maximum Gasteiger partial charge on any atom is 0.167 e. The van der Waals surface area contributed by atoms with Gasteiger partial charge in [-0.2, -0.15) is 0 Å². The fraction of sp³-hybridized carbons (Fsp3) is 0.0612. The molecule has 254 valence electrons. The van der Waals surface area contributed by atoms with E-state index in [2.05, 4.69) is 97.1 Å². The maximum atomic E-state index is 13.7. The number of benzene rings is 8. The minimum Gasteiger partial charge on any atom is -0.399 e. The van der Waals surface area contributed by atoms with Gasteiger partial charge in [-0.25, -0.2) is 0 Å². The van der Waals surface area contributed by atoms with E-state index in [4.69, 9.17) is 11.5 Å². The number of anilines is 2. The van der Waals surface area contributed by atoms with Crippen LogP contribution in [0, 0.1) is 0 Å². The quantitative estimate of drug-likeness (QED) is 0.123. The molecule has 0 heterocycles. The van der Waals surface area contributed by atoms with E-state index in [9.17, 15) is 9.59 Å². The van der Waals surface area contributed by atoms with E-state index >= 15 is 0 Å². The van der Waals surface area contributed by atoms with Gasteiger partial charge in [0.15, 0.2) is 11.6 Å². The van der Waals surface area contributed by atoms with Gasteiger partial charge < -0.3 is 11.5 Å². The van der Waals surface area contributed by atoms with Crippen molar-refractivity contribution < 1.29 is 9.59 Å². The Morgan fingerprint density at radius 2 is 0.811 bits per heavy atom. The van der Waals surface area contributed by atoms with E-state index in [0.717, 1.165) is 43.8 Å². The molecule has 53 heavy (non-hydrogen) atoms. The molecule has 9 rings (SSSR count). The smallest absolute Gasteiger partial charge is 0.167 e. The van der Waals surface area contributed by atoms with Gasteiger partial charge in [-0.05, 0) is 90.3 Å². The Bertz CT molecular complexity index is 2540. The van der Waals surface area contributed by atoms with Crippen LogP contribution in [0.5, 0.6) is 0 Å². The first kappa shape index (κ1) is 32.1. The second-order valence-corrected chi connectivity index (χ2v) is 14.0. The maximum absolute atomic E-state index is 13.7. The van der Waals surface area contributed by atoms with Crippen LogP contribution in [0.4, 0.5) is 11.4 Å². The summed E-state index contributed by atoms with van der Waals surface area (Å²) in [6.07, 6.45) is 0.526. The largest absolute Gasteiger partial charge is 0.399 e. The van der Waals surface area contributed by atoms with Gasteiger partial charge in [0.05, 0.1) is 5.41 Å². The zero-order valence-electron chi connectivity index (χ0n) is 29.1. The lowest BCUT2D eigenvalue weighted by atomic mass is 9.67. The van der Waals surface area contributed by atoms with Crippen LogP contribution in [0.3, 0.4) is 0 Å². The Hall–Kier alpha value is -6.78. The predicted octanol–water partition coefficient (Wildman–Crippen LogP) is 10.4. The molecule has 4 nitrogen and oxygen atoms in total. The highest BCUT2D eigenvalue weighted by atomic mass is 16.1. The third-order valence-corrected chi connectivity index (χ3v) is 10.8. The standard InChI is InChI=1S/C49H36N2O2/c50-37-27-33-9-1-3-11-39(33)43(29-37)47(52)25-31-17-21-35(22-18-31)49(45-15-7-5-13-41(45)42-14-6-8-16-46(42)49)36-23-19-32(20-24-36)26-48(53)44-30-38(51)28-34-10-2-4-12-40(34)44/h1-24,27-30H,25-26,50-51H2. The summed E-state index contributed by atoms with van der Waals surface area (Å²) in [5.41, 5.74) is 23.1. The molecular formula is C49H36N2O2. The molecule has 8 aromatic rings. The van der Waals surface area contributed by atoms with Crippen molar-refractivity contribution in [1.82, 2.24) is 0 Å². The van der Waals surface area contributed by atoms with E-state index in [0.29, 0.717) is 22.5 Å². The second kappa shape index (κ2) is 12.8. The number of nitrogens with two attached hydrogens (primary N) is 2. The fourth-order valence-electron chi connectivity index (χ4n) is 8.46. The van der Waals surface area contributed by atoms with Gasteiger partial charge in [-0.3, -0.25) is 9.59 Å². The molecule has 1 aliphatic rings. The molecule has 0 radical (unpaired) electrons. The predicted molar refractivity (Wildman–Crippen MR) is 217 cm³/mol. The monoisotopic (exact) mass is 684 g/mol. The van der Waals surface area contributed by atoms with E-state index in [-0.39, 0.29) is 24.4 Å². The lowest BCUT2D eigenvalue weighted by molar-refractivity contribution is 0.0986. The molecule has 0 saturated carbocycles. The third-order valence-electron chi connectivity index (χ3n) is 10.8. The van der Waals surface area contributed by atoms with Crippen molar-refractivity contribution in [2.45, 2.75) is 18.3 Å². The first-order valence-electron chi connectivity index (χ1n) is 17.9. The van der Waals surface area contributed by atoms with Crippen molar-refractivity contribution >= 4 is 44.5 Å². The molecular weight excluding hydrogens is 649 g/mol. The summed E-state index contributed by atoms with van der Waals surface area (Å²) < 4.78 is 0. The number of nitrogen functional groups attached to an aromatic ring is 2. The molecule has 0 aliphatic heterocycles. The molecule has 0 saturated heterocycles. The zero-order valence-corrected chi connectivity index (χ0v) is 29.1. The Morgan fingerprint density at radius 1 is 0.434 bits per heavy atom. The van der Waals surface area contributed by atoms with E-state index in [1.807, 2.05) is 60.7 Å². The highest BCUT2D eigenvalue weighted by Crippen LogP contribution is 2.56. The first-order chi connectivity index (χ1) is 25.9. The van der Waals surface area contributed by atoms with E-state index < -0.39 is 5.41 Å². The number of carbonyl (C=O) groups excluding carboxylic acids is 2. The minimum absolute atomic E-state index is 0.0313. The van der Waals surface area contributed by atoms with E-state index in [1.165, 1.54) is 22.3 Å². The van der Waals surface area contributed by atoms with Gasteiger partial charge in [0.1, 0.15) is 0 Å². The van der Waals surface area contributed by atoms with Crippen LogP contribution in [-0.2, 0) is 18.3 Å². The van der Waals surface area contributed by atoms with Crippen LogP contribution in [0.2, 0.25) is 0 Å². The average molecular weight is 685 g/mol. The van der Waals surface area contributed by atoms with Crippen molar-refractivity contribution in [3.63, 3.8) is 0 Å². The summed E-state index contributed by atoms with van der Waals surface area (Å²) in [5.74, 6) is 0.0627. The van der Waals surface area contributed by atoms with Crippen molar-refractivity contribution in [1.29, 1.82) is 0 Å². The van der Waals surface area contributed by atoms with Crippen molar-refractivity contribution in [3.8, 4) is 11.1 Å². The molecule has 8 aromatic carbocycles. The number of carbonyl (C=O) groups is 2. The molecule has 0 amide bonds. The summed E-state index contributed by atoms with van der Waals surface area (Å²) in [6.45, 7) is 0. The fourth-order valence-corrected chi connectivity index (χ4v) is 8.46. The highest BCUT2D eigenvalue weighted by molar-refractivity contribution is 6.11. The number of ketones is 2. The topological polar surface area (TPSA) is 86.2 Å². The SMILES string of the molecule is Nc1cc(C(=O)Cc2ccc(C3(c4ccc(CC(=O)c5cc(N)cc6ccccc56)cc4)c4ccccc4-c4ccccc43)cc2)c2ccccc2c1. The Labute approximate surface area is 308 Å². The van der Waals surface area contributed by atoms with E-state index in [1.54, 1.807) is 12.1 Å². The summed E-state index contributed by atoms with van der Waals surface area (Å²) in [6, 6.07) is 57.3. The molecule has 4 heteroatoms. The van der Waals surface area contributed by atoms with Crippen LogP contribution in [0.1, 0.15) is 54.1 Å². The summed E-state index contributed by atoms with van der Waals surface area (Å²) in [5, 5.41) is 3.74. The third kappa shape index (κ3) is 5.39. The molecule has 0 bridgehead atoms. The van der Waals surface area contributed by atoms with Crippen LogP contribution in [0.15, 0.2) is 170 Å². The van der Waals surface area contributed by atoms with Gasteiger partial charge in [0.25, 0.3) is 0 Å². The van der Waals surface area contributed by atoms with Crippen molar-refractivity contribution in [2.24, 2.45) is 0 Å². The summed E-state index contributed by atoms with van der Waals surface area (Å²) in [4.78, 5) is 27.5. The average Bonchev–Trinajstić information content (AvgIpc) is 3.49. The second-order valence-electron chi connectivity index (χ2n) is 14.0. The van der Waals surface area contributed by atoms with Gasteiger partial charge >= 0.3 is 0 Å². The number of rotatable bonds is 8. The molecule has 1 aliphatic carbocycles. The summed E-state index contributed by atoms with van der Waals surface area (Å²) in [7, 11) is 0. The minimum atomic E-state index is -0.605. The van der Waals surface area contributed by atoms with Gasteiger partial charge in [-0.1, -0.05) is 146 Å². The normalized spacial score (nSPS) is 12.8. The number of hydrogen-bond acceptors (Lipinski definition) is 4. The van der Waals surface area contributed by atoms with Crippen LogP contribution in [0.25, 0.3) is 32.7 Å². The van der Waals surface area contributed by atoms with Crippen LogP contribution < -0.4 is 11.5 Å². The van der Waals surface area contributed by atoms with Crippen molar-refractivity contribution in [3.05, 3.63) is 214 Å². The lowest BCUT2D eigenvalue weighted by Crippen LogP contribution is -2.28. The molecule has 0 unspecified atom stereocenters. The lowest BCUT2D eigenvalue weighted by Gasteiger charge is -2.34.